The average molecular weight is 386 g/mol. The minimum atomic E-state index is -0.336. The Morgan fingerprint density at radius 3 is 2.90 bits per heavy atom. The Morgan fingerprint density at radius 1 is 1.55 bits per heavy atom. The zero-order valence-corrected chi connectivity index (χ0v) is 13.5. The van der Waals surface area contributed by atoms with Gasteiger partial charge >= 0.3 is 5.97 Å². The lowest BCUT2D eigenvalue weighted by molar-refractivity contribution is 0.0519. The van der Waals surface area contributed by atoms with E-state index in [4.69, 9.17) is 9.47 Å². The molecule has 2 aromatic rings. The van der Waals surface area contributed by atoms with Crippen LogP contribution in [-0.2, 0) is 4.74 Å². The van der Waals surface area contributed by atoms with Crippen LogP contribution >= 0.6 is 22.6 Å². The van der Waals surface area contributed by atoms with Crippen LogP contribution in [0, 0.1) is 3.57 Å². The van der Waals surface area contributed by atoms with Gasteiger partial charge in [0.2, 0.25) is 5.88 Å². The van der Waals surface area contributed by atoms with E-state index in [1.807, 2.05) is 6.20 Å². The smallest absolute Gasteiger partial charge is 0.355 e. The SMILES string of the molecule is CCOC(=O)c1[nH]c2c(OC)ncc(C3CC3)c2c1I. The summed E-state index contributed by atoms with van der Waals surface area (Å²) in [5.41, 5.74) is 2.46. The lowest BCUT2D eigenvalue weighted by atomic mass is 10.1. The minimum absolute atomic E-state index is 0.336. The number of nitrogens with zero attached hydrogens (tertiary/aromatic N) is 1. The number of nitrogens with one attached hydrogen (secondary N) is 1. The van der Waals surface area contributed by atoms with Crippen LogP contribution in [0.2, 0.25) is 0 Å². The fourth-order valence-corrected chi connectivity index (χ4v) is 3.30. The molecule has 3 rings (SSSR count). The molecule has 0 radical (unpaired) electrons. The first-order chi connectivity index (χ1) is 9.67. The number of carbonyl (C=O) groups is 1. The molecule has 2 heterocycles. The molecule has 6 heteroatoms. The van der Waals surface area contributed by atoms with Crippen molar-refractivity contribution in [1.82, 2.24) is 9.97 Å². The second kappa shape index (κ2) is 5.23. The first kappa shape index (κ1) is 13.7. The maximum absolute atomic E-state index is 12.0. The fraction of sp³-hybridized carbons (Fsp3) is 0.429. The molecule has 106 valence electrons. The normalized spacial score (nSPS) is 14.6. The maximum atomic E-state index is 12.0. The van der Waals surface area contributed by atoms with Crippen molar-refractivity contribution in [3.05, 3.63) is 21.0 Å². The number of ether oxygens (including phenoxy) is 2. The molecule has 0 bridgehead atoms. The highest BCUT2D eigenvalue weighted by atomic mass is 127. The van der Waals surface area contributed by atoms with Crippen molar-refractivity contribution in [2.45, 2.75) is 25.7 Å². The second-order valence-corrected chi connectivity index (χ2v) is 5.86. The van der Waals surface area contributed by atoms with E-state index in [0.717, 1.165) is 14.5 Å². The van der Waals surface area contributed by atoms with Gasteiger partial charge in [0.15, 0.2) is 0 Å². The van der Waals surface area contributed by atoms with Crippen molar-refractivity contribution in [1.29, 1.82) is 0 Å². The Morgan fingerprint density at radius 2 is 2.30 bits per heavy atom. The molecule has 1 aliphatic carbocycles. The molecule has 0 unspecified atom stereocenters. The van der Waals surface area contributed by atoms with Gasteiger partial charge in [-0.3, -0.25) is 0 Å². The number of fused-ring (bicyclic) bond motifs is 1. The van der Waals surface area contributed by atoms with E-state index >= 15 is 0 Å². The Kier molecular flexibility index (Phi) is 3.57. The first-order valence-electron chi connectivity index (χ1n) is 6.58. The summed E-state index contributed by atoms with van der Waals surface area (Å²) >= 11 is 2.19. The van der Waals surface area contributed by atoms with Crippen LogP contribution in [0.4, 0.5) is 0 Å². The topological polar surface area (TPSA) is 64.2 Å². The fourth-order valence-electron chi connectivity index (χ4n) is 2.37. The molecule has 5 nitrogen and oxygen atoms in total. The van der Waals surface area contributed by atoms with E-state index in [2.05, 4.69) is 32.6 Å². The molecule has 1 aliphatic rings. The van der Waals surface area contributed by atoms with E-state index in [0.29, 0.717) is 24.1 Å². The van der Waals surface area contributed by atoms with Crippen LogP contribution in [0.5, 0.6) is 5.88 Å². The van der Waals surface area contributed by atoms with Gasteiger partial charge < -0.3 is 14.5 Å². The zero-order chi connectivity index (χ0) is 14.3. The van der Waals surface area contributed by atoms with Crippen LogP contribution in [0.25, 0.3) is 10.9 Å². The van der Waals surface area contributed by atoms with E-state index in [1.54, 1.807) is 14.0 Å². The highest BCUT2D eigenvalue weighted by molar-refractivity contribution is 14.1. The molecule has 0 aromatic carbocycles. The molecular formula is C14H15IN2O3. The van der Waals surface area contributed by atoms with E-state index in [1.165, 1.54) is 18.4 Å². The molecule has 1 N–H and O–H groups in total. The highest BCUT2D eigenvalue weighted by Crippen LogP contribution is 2.45. The summed E-state index contributed by atoms with van der Waals surface area (Å²) < 4.78 is 11.3. The molecule has 0 atom stereocenters. The summed E-state index contributed by atoms with van der Waals surface area (Å²) in [4.78, 5) is 19.5. The van der Waals surface area contributed by atoms with Crippen LogP contribution in [-0.4, -0.2) is 29.7 Å². The Balaban J connectivity index is 2.22. The number of halogens is 1. The molecule has 1 saturated carbocycles. The summed E-state index contributed by atoms with van der Waals surface area (Å²) in [6.07, 6.45) is 4.22. The number of hydrogen-bond donors (Lipinski definition) is 1. The van der Waals surface area contributed by atoms with Crippen LogP contribution in [0.3, 0.4) is 0 Å². The zero-order valence-electron chi connectivity index (χ0n) is 11.3. The van der Waals surface area contributed by atoms with Gasteiger partial charge in [0.05, 0.1) is 17.3 Å². The van der Waals surface area contributed by atoms with Gasteiger partial charge in [-0.1, -0.05) is 0 Å². The maximum Gasteiger partial charge on any atom is 0.355 e. The van der Waals surface area contributed by atoms with Crippen LogP contribution < -0.4 is 4.74 Å². The van der Waals surface area contributed by atoms with Gasteiger partial charge in [-0.15, -0.1) is 0 Å². The van der Waals surface area contributed by atoms with Crippen LogP contribution in [0.15, 0.2) is 6.20 Å². The standard InChI is InChI=1S/C14H15IN2O3/c1-3-20-14(18)12-10(15)9-8(7-4-5-7)6-16-13(19-2)11(9)17-12/h6-7,17H,3-5H2,1-2H3. The average Bonchev–Trinajstić information content (AvgIpc) is 3.22. The molecular weight excluding hydrogens is 371 g/mol. The van der Waals surface area contributed by atoms with Crippen molar-refractivity contribution >= 4 is 39.5 Å². The third-order valence-corrected chi connectivity index (χ3v) is 4.53. The van der Waals surface area contributed by atoms with Crippen molar-refractivity contribution in [3.63, 3.8) is 0 Å². The summed E-state index contributed by atoms with van der Waals surface area (Å²) in [5, 5.41) is 1.04. The summed E-state index contributed by atoms with van der Waals surface area (Å²) in [5.74, 6) is 0.727. The number of hydrogen-bond acceptors (Lipinski definition) is 4. The lowest BCUT2D eigenvalue weighted by Crippen LogP contribution is -2.06. The second-order valence-electron chi connectivity index (χ2n) is 4.78. The molecule has 0 amide bonds. The summed E-state index contributed by atoms with van der Waals surface area (Å²) in [7, 11) is 1.58. The summed E-state index contributed by atoms with van der Waals surface area (Å²) in [6.45, 7) is 2.15. The molecule has 2 aromatic heterocycles. The summed E-state index contributed by atoms with van der Waals surface area (Å²) in [6, 6.07) is 0. The lowest BCUT2D eigenvalue weighted by Gasteiger charge is -2.05. The predicted molar refractivity (Wildman–Crippen MR) is 83.3 cm³/mol. The van der Waals surface area contributed by atoms with Crippen molar-refractivity contribution < 1.29 is 14.3 Å². The number of aromatic amines is 1. The quantitative estimate of drug-likeness (QED) is 0.648. The number of aromatic nitrogens is 2. The number of carbonyl (C=O) groups excluding carboxylic acids is 1. The number of H-pyrrole nitrogens is 1. The third-order valence-electron chi connectivity index (χ3n) is 3.45. The van der Waals surface area contributed by atoms with Gasteiger partial charge in [0.25, 0.3) is 0 Å². The molecule has 0 aliphatic heterocycles. The van der Waals surface area contributed by atoms with E-state index < -0.39 is 0 Å². The van der Waals surface area contributed by atoms with Crippen LogP contribution in [0.1, 0.15) is 41.7 Å². The predicted octanol–water partition coefficient (Wildman–Crippen LogP) is 3.23. The van der Waals surface area contributed by atoms with E-state index in [-0.39, 0.29) is 5.97 Å². The van der Waals surface area contributed by atoms with Crippen molar-refractivity contribution in [2.75, 3.05) is 13.7 Å². The molecule has 20 heavy (non-hydrogen) atoms. The molecule has 0 spiro atoms. The monoisotopic (exact) mass is 386 g/mol. The number of esters is 1. The van der Waals surface area contributed by atoms with Crippen molar-refractivity contribution in [2.24, 2.45) is 0 Å². The highest BCUT2D eigenvalue weighted by Gasteiger charge is 2.30. The van der Waals surface area contributed by atoms with E-state index in [9.17, 15) is 4.79 Å². The third kappa shape index (κ3) is 2.15. The molecule has 0 saturated heterocycles. The Labute approximate surface area is 130 Å². The number of pyridine rings is 1. The molecule has 1 fully saturated rings. The van der Waals surface area contributed by atoms with Gasteiger partial charge in [-0.05, 0) is 53.8 Å². The van der Waals surface area contributed by atoms with Gasteiger partial charge in [-0.25, -0.2) is 9.78 Å². The largest absolute Gasteiger partial charge is 0.479 e. The minimum Gasteiger partial charge on any atom is -0.479 e. The number of rotatable bonds is 4. The number of methoxy groups -OCH3 is 1. The van der Waals surface area contributed by atoms with Gasteiger partial charge in [-0.2, -0.15) is 0 Å². The van der Waals surface area contributed by atoms with Gasteiger partial charge in [0, 0.05) is 11.6 Å². The van der Waals surface area contributed by atoms with Crippen molar-refractivity contribution in [3.8, 4) is 5.88 Å². The first-order valence-corrected chi connectivity index (χ1v) is 7.66. The Bertz CT molecular complexity index is 677. The van der Waals surface area contributed by atoms with Gasteiger partial charge in [0.1, 0.15) is 11.2 Å². The Hall–Kier alpha value is -1.31.